The molecule has 0 amide bonds. The number of nitrogens with zero attached hydrogens (tertiary/aromatic N) is 1. The van der Waals surface area contributed by atoms with E-state index in [4.69, 9.17) is 0 Å². The van der Waals surface area contributed by atoms with Crippen LogP contribution in [0.3, 0.4) is 0 Å². The van der Waals surface area contributed by atoms with Gasteiger partial charge >= 0.3 is 0 Å². The molecule has 4 aromatic rings. The summed E-state index contributed by atoms with van der Waals surface area (Å²) < 4.78 is 14.0. The topological polar surface area (TPSA) is 31.1 Å². The van der Waals surface area contributed by atoms with E-state index < -0.39 is 0 Å². The lowest BCUT2D eigenvalue weighted by molar-refractivity contribution is 0.0312. The molecule has 3 atom stereocenters. The summed E-state index contributed by atoms with van der Waals surface area (Å²) >= 11 is 0. The number of aromatic nitrogens is 1. The zero-order valence-corrected chi connectivity index (χ0v) is 19.9. The van der Waals surface area contributed by atoms with E-state index in [0.717, 1.165) is 32.2 Å². The molecule has 1 aliphatic carbocycles. The minimum atomic E-state index is -0.210. The quantitative estimate of drug-likeness (QED) is 0.394. The number of rotatable bonds is 3. The maximum Gasteiger partial charge on any atom is 0.123 e. The van der Waals surface area contributed by atoms with Gasteiger partial charge in [0.25, 0.3) is 0 Å². The van der Waals surface area contributed by atoms with Crippen LogP contribution in [0.4, 0.5) is 4.39 Å². The molecule has 0 radical (unpaired) electrons. The van der Waals surface area contributed by atoms with E-state index in [2.05, 4.69) is 83.9 Å². The van der Waals surface area contributed by atoms with Crippen molar-refractivity contribution in [3.8, 4) is 0 Å². The van der Waals surface area contributed by atoms with Gasteiger partial charge in [0.1, 0.15) is 5.82 Å². The summed E-state index contributed by atoms with van der Waals surface area (Å²) in [6.45, 7) is 0.951. The Kier molecular flexibility index (Phi) is 5.12. The lowest BCUT2D eigenvalue weighted by atomic mass is 9.59. The van der Waals surface area contributed by atoms with E-state index in [1.54, 1.807) is 12.1 Å². The van der Waals surface area contributed by atoms with Gasteiger partial charge in [-0.1, -0.05) is 60.7 Å². The molecule has 174 valence electrons. The molecule has 3 nitrogen and oxygen atoms in total. The summed E-state index contributed by atoms with van der Waals surface area (Å²) in [5.74, 6) is 0.00927. The third kappa shape index (κ3) is 3.16. The Bertz CT molecular complexity index is 1310. The highest BCUT2D eigenvalue weighted by Gasteiger charge is 2.54. The van der Waals surface area contributed by atoms with Gasteiger partial charge in [-0.25, -0.2) is 4.39 Å². The average Bonchev–Trinajstić information content (AvgIpc) is 3.26. The number of fused-ring (bicyclic) bond motifs is 4. The van der Waals surface area contributed by atoms with Crippen molar-refractivity contribution in [2.75, 3.05) is 20.6 Å². The van der Waals surface area contributed by atoms with Crippen molar-refractivity contribution in [2.24, 2.45) is 0 Å². The largest absolute Gasteiger partial charge is 0.357 e. The van der Waals surface area contributed by atoms with Crippen molar-refractivity contribution in [1.82, 2.24) is 15.2 Å². The van der Waals surface area contributed by atoms with E-state index in [-0.39, 0.29) is 22.8 Å². The van der Waals surface area contributed by atoms with Crippen LogP contribution in [0, 0.1) is 5.82 Å². The second-order valence-corrected chi connectivity index (χ2v) is 10.3. The monoisotopic (exact) mass is 453 g/mol. The fourth-order valence-electron chi connectivity index (χ4n) is 6.81. The number of hydrogen-bond donors (Lipinski definition) is 2. The third-order valence-corrected chi connectivity index (χ3v) is 8.58. The number of H-pyrrole nitrogens is 1. The molecule has 1 spiro atoms. The van der Waals surface area contributed by atoms with Crippen molar-refractivity contribution >= 4 is 10.9 Å². The van der Waals surface area contributed by atoms with Crippen LogP contribution in [0.1, 0.15) is 47.6 Å². The van der Waals surface area contributed by atoms with Crippen molar-refractivity contribution in [1.29, 1.82) is 0 Å². The molecule has 1 aliphatic heterocycles. The lowest BCUT2D eigenvalue weighted by Gasteiger charge is -2.56. The van der Waals surface area contributed by atoms with Crippen molar-refractivity contribution in [3.63, 3.8) is 0 Å². The van der Waals surface area contributed by atoms with E-state index in [0.29, 0.717) is 0 Å². The molecule has 1 saturated carbocycles. The number of hydrogen-bond acceptors (Lipinski definition) is 2. The SMILES string of the molecule is CN(C)C1(c2ccccc2)CCC2(NCCc3c2[nH]c2ccccc32)C(c2ccc(F)cc2)C1. The van der Waals surface area contributed by atoms with Gasteiger partial charge in [-0.2, -0.15) is 0 Å². The molecule has 2 heterocycles. The van der Waals surface area contributed by atoms with Gasteiger partial charge in [0.05, 0.1) is 5.54 Å². The Balaban J connectivity index is 1.55. The van der Waals surface area contributed by atoms with Crippen LogP contribution in [0.5, 0.6) is 0 Å². The van der Waals surface area contributed by atoms with Gasteiger partial charge in [0, 0.05) is 34.6 Å². The summed E-state index contributed by atoms with van der Waals surface area (Å²) in [5, 5.41) is 5.34. The highest BCUT2D eigenvalue weighted by molar-refractivity contribution is 5.85. The lowest BCUT2D eigenvalue weighted by Crippen LogP contribution is -2.59. The van der Waals surface area contributed by atoms with Gasteiger partial charge in [0.2, 0.25) is 0 Å². The predicted octanol–water partition coefficient (Wildman–Crippen LogP) is 6.07. The van der Waals surface area contributed by atoms with Gasteiger partial charge in [-0.3, -0.25) is 4.90 Å². The van der Waals surface area contributed by atoms with Crippen LogP contribution in [0.2, 0.25) is 0 Å². The van der Waals surface area contributed by atoms with E-state index in [9.17, 15) is 4.39 Å². The third-order valence-electron chi connectivity index (χ3n) is 8.58. The minimum Gasteiger partial charge on any atom is -0.357 e. The zero-order chi connectivity index (χ0) is 23.3. The van der Waals surface area contributed by atoms with Gasteiger partial charge < -0.3 is 10.3 Å². The molecule has 3 aromatic carbocycles. The first kappa shape index (κ1) is 21.6. The highest BCUT2D eigenvalue weighted by Crippen LogP contribution is 2.56. The molecular weight excluding hydrogens is 421 g/mol. The molecule has 4 heteroatoms. The summed E-state index contributed by atoms with van der Waals surface area (Å²) in [7, 11) is 4.41. The maximum absolute atomic E-state index is 14.0. The second-order valence-electron chi connectivity index (χ2n) is 10.3. The molecule has 0 saturated heterocycles. The van der Waals surface area contributed by atoms with Gasteiger partial charge in [-0.15, -0.1) is 0 Å². The summed E-state index contributed by atoms with van der Waals surface area (Å²) in [6.07, 6.45) is 4.03. The van der Waals surface area contributed by atoms with Crippen LogP contribution in [-0.4, -0.2) is 30.5 Å². The number of nitrogens with one attached hydrogen (secondary N) is 2. The molecule has 2 aliphatic rings. The Morgan fingerprint density at radius 3 is 2.38 bits per heavy atom. The molecule has 0 bridgehead atoms. The summed E-state index contributed by atoms with van der Waals surface area (Å²) in [5.41, 5.74) is 6.24. The molecule has 3 unspecified atom stereocenters. The van der Waals surface area contributed by atoms with Crippen molar-refractivity contribution in [2.45, 2.75) is 42.7 Å². The summed E-state index contributed by atoms with van der Waals surface area (Å²) in [6, 6.07) is 26.8. The smallest absolute Gasteiger partial charge is 0.123 e. The van der Waals surface area contributed by atoms with Crippen LogP contribution in [0.25, 0.3) is 10.9 Å². The Morgan fingerprint density at radius 1 is 0.882 bits per heavy atom. The Morgan fingerprint density at radius 2 is 1.62 bits per heavy atom. The maximum atomic E-state index is 14.0. The minimum absolute atomic E-state index is 0.0864. The van der Waals surface area contributed by atoms with E-state index in [1.165, 1.54) is 33.3 Å². The normalized spacial score (nSPS) is 26.8. The van der Waals surface area contributed by atoms with Gasteiger partial charge in [0.15, 0.2) is 0 Å². The zero-order valence-electron chi connectivity index (χ0n) is 19.9. The number of para-hydroxylation sites is 1. The van der Waals surface area contributed by atoms with E-state index >= 15 is 0 Å². The molecule has 1 aromatic heterocycles. The van der Waals surface area contributed by atoms with Crippen LogP contribution >= 0.6 is 0 Å². The molecule has 6 rings (SSSR count). The Hall–Kier alpha value is -2.95. The standard InChI is InChI=1S/C30H32FN3/c1-34(2)29(22-8-4-3-5-9-22)17-18-30(26(20-29)21-12-14-23(31)15-13-21)28-25(16-19-32-30)24-10-6-7-11-27(24)33-28/h3-15,26,32-33H,16-20H2,1-2H3. The van der Waals surface area contributed by atoms with Crippen molar-refractivity contribution < 1.29 is 4.39 Å². The van der Waals surface area contributed by atoms with Crippen LogP contribution in [-0.2, 0) is 17.5 Å². The van der Waals surface area contributed by atoms with E-state index in [1.807, 2.05) is 12.1 Å². The second kappa shape index (κ2) is 8.07. The number of halogens is 1. The fraction of sp³-hybridized carbons (Fsp3) is 0.333. The average molecular weight is 454 g/mol. The first-order valence-corrected chi connectivity index (χ1v) is 12.4. The van der Waals surface area contributed by atoms with Crippen molar-refractivity contribution in [3.05, 3.63) is 107 Å². The van der Waals surface area contributed by atoms with Crippen LogP contribution < -0.4 is 5.32 Å². The summed E-state index contributed by atoms with van der Waals surface area (Å²) in [4.78, 5) is 6.24. The molecular formula is C30H32FN3. The Labute approximate surface area is 201 Å². The molecule has 2 N–H and O–H groups in total. The number of aromatic amines is 1. The first-order valence-electron chi connectivity index (χ1n) is 12.4. The number of benzene rings is 3. The first-order chi connectivity index (χ1) is 16.5. The fourth-order valence-corrected chi connectivity index (χ4v) is 6.81. The van der Waals surface area contributed by atoms with Gasteiger partial charge in [-0.05, 0) is 74.7 Å². The molecule has 1 fully saturated rings. The highest BCUT2D eigenvalue weighted by atomic mass is 19.1. The molecule has 34 heavy (non-hydrogen) atoms. The van der Waals surface area contributed by atoms with Crippen LogP contribution in [0.15, 0.2) is 78.9 Å². The predicted molar refractivity (Wildman–Crippen MR) is 136 cm³/mol.